The Labute approximate surface area is 131 Å². The van der Waals surface area contributed by atoms with Crippen molar-refractivity contribution in [2.45, 2.75) is 38.0 Å². The van der Waals surface area contributed by atoms with Gasteiger partial charge in [0.05, 0.1) is 5.75 Å². The first-order chi connectivity index (χ1) is 10.6. The highest BCUT2D eigenvalue weighted by Crippen LogP contribution is 2.39. The van der Waals surface area contributed by atoms with Crippen molar-refractivity contribution in [3.63, 3.8) is 0 Å². The van der Waals surface area contributed by atoms with Crippen LogP contribution in [0.3, 0.4) is 0 Å². The molecule has 0 radical (unpaired) electrons. The van der Waals surface area contributed by atoms with Crippen molar-refractivity contribution in [1.29, 1.82) is 0 Å². The summed E-state index contributed by atoms with van der Waals surface area (Å²) in [6.45, 7) is 3.04. The van der Waals surface area contributed by atoms with Crippen molar-refractivity contribution in [3.8, 4) is 0 Å². The Morgan fingerprint density at radius 2 is 2.00 bits per heavy atom. The fourth-order valence-electron chi connectivity index (χ4n) is 2.60. The molecule has 6 heteroatoms. The van der Waals surface area contributed by atoms with Gasteiger partial charge in [-0.25, -0.2) is 18.1 Å². The number of hydrogen-bond acceptors (Lipinski definition) is 3. The lowest BCUT2D eigenvalue weighted by Gasteiger charge is -2.11. The van der Waals surface area contributed by atoms with Crippen LogP contribution in [0.2, 0.25) is 0 Å². The summed E-state index contributed by atoms with van der Waals surface area (Å²) >= 11 is 0. The summed E-state index contributed by atoms with van der Waals surface area (Å²) in [6.07, 6.45) is 4.25. The predicted molar refractivity (Wildman–Crippen MR) is 86.0 cm³/mol. The minimum atomic E-state index is -3.30. The number of hydrogen-bond donors (Lipinski definition) is 1. The lowest BCUT2D eigenvalue weighted by atomic mass is 10.2. The van der Waals surface area contributed by atoms with Crippen molar-refractivity contribution in [2.75, 3.05) is 6.54 Å². The molecule has 0 bridgehead atoms. The third-order valence-electron chi connectivity index (χ3n) is 3.89. The van der Waals surface area contributed by atoms with Crippen LogP contribution in [-0.2, 0) is 22.3 Å². The molecule has 1 saturated carbocycles. The van der Waals surface area contributed by atoms with Crippen LogP contribution in [0.15, 0.2) is 36.5 Å². The molecule has 1 aromatic heterocycles. The zero-order valence-corrected chi connectivity index (χ0v) is 13.5. The molecule has 0 amide bonds. The van der Waals surface area contributed by atoms with Crippen molar-refractivity contribution in [3.05, 3.63) is 53.6 Å². The van der Waals surface area contributed by atoms with Gasteiger partial charge in [0.15, 0.2) is 0 Å². The summed E-state index contributed by atoms with van der Waals surface area (Å²) < 4.78 is 29.0. The zero-order chi connectivity index (χ0) is 15.6. The second-order valence-electron chi connectivity index (χ2n) is 5.82. The topological polar surface area (TPSA) is 64.0 Å². The Balaban J connectivity index is 1.57. The smallest absolute Gasteiger partial charge is 0.215 e. The van der Waals surface area contributed by atoms with Gasteiger partial charge < -0.3 is 4.57 Å². The molecule has 1 fully saturated rings. The van der Waals surface area contributed by atoms with E-state index in [1.165, 1.54) is 12.8 Å². The first-order valence-corrected chi connectivity index (χ1v) is 9.24. The summed E-state index contributed by atoms with van der Waals surface area (Å²) in [5.74, 6) is 1.68. The Morgan fingerprint density at radius 1 is 1.27 bits per heavy atom. The maximum absolute atomic E-state index is 12.1. The van der Waals surface area contributed by atoms with Gasteiger partial charge in [-0.3, -0.25) is 0 Å². The van der Waals surface area contributed by atoms with Crippen LogP contribution in [0.1, 0.15) is 35.8 Å². The summed E-state index contributed by atoms with van der Waals surface area (Å²) in [5.41, 5.74) is 1.89. The zero-order valence-electron chi connectivity index (χ0n) is 12.7. The Bertz CT molecular complexity index is 734. The molecule has 1 aromatic carbocycles. The molecule has 0 spiro atoms. The summed E-state index contributed by atoms with van der Waals surface area (Å²) in [5, 5.41) is 0. The Morgan fingerprint density at radius 3 is 2.68 bits per heavy atom. The van der Waals surface area contributed by atoms with Gasteiger partial charge in [0.25, 0.3) is 0 Å². The number of aromatic nitrogens is 2. The third-order valence-corrected chi connectivity index (χ3v) is 5.24. The van der Waals surface area contributed by atoms with Gasteiger partial charge in [-0.15, -0.1) is 0 Å². The highest BCUT2D eigenvalue weighted by Gasteiger charge is 2.28. The number of rotatable bonds is 7. The molecule has 1 N–H and O–H groups in total. The fourth-order valence-corrected chi connectivity index (χ4v) is 3.73. The molecule has 2 aromatic rings. The SMILES string of the molecule is Cc1cnc(C2CC2)n1CCNS(=O)(=O)Cc1ccccc1. The van der Waals surface area contributed by atoms with Crippen molar-refractivity contribution >= 4 is 10.0 Å². The van der Waals surface area contributed by atoms with E-state index in [0.717, 1.165) is 17.1 Å². The van der Waals surface area contributed by atoms with E-state index in [9.17, 15) is 8.42 Å². The molecule has 5 nitrogen and oxygen atoms in total. The fraction of sp³-hybridized carbons (Fsp3) is 0.438. The molecular formula is C16H21N3O2S. The van der Waals surface area contributed by atoms with Crippen LogP contribution < -0.4 is 4.72 Å². The summed E-state index contributed by atoms with van der Waals surface area (Å²) in [7, 11) is -3.30. The summed E-state index contributed by atoms with van der Waals surface area (Å²) in [6, 6.07) is 9.23. The second-order valence-corrected chi connectivity index (χ2v) is 7.63. The average Bonchev–Trinajstić information content (AvgIpc) is 3.25. The number of nitrogens with one attached hydrogen (secondary N) is 1. The first-order valence-electron chi connectivity index (χ1n) is 7.58. The van der Waals surface area contributed by atoms with Gasteiger partial charge in [-0.2, -0.15) is 0 Å². The standard InChI is InChI=1S/C16H21N3O2S/c1-13-11-17-16(15-7-8-15)19(13)10-9-18-22(20,21)12-14-5-3-2-4-6-14/h2-6,11,15,18H,7-10,12H2,1H3. The number of benzene rings is 1. The predicted octanol–water partition coefficient (Wildman–Crippen LogP) is 2.19. The normalized spacial score (nSPS) is 15.1. The molecule has 1 aliphatic rings. The van der Waals surface area contributed by atoms with Crippen LogP contribution in [0, 0.1) is 6.92 Å². The molecule has 0 saturated heterocycles. The van der Waals surface area contributed by atoms with E-state index < -0.39 is 10.0 Å². The van der Waals surface area contributed by atoms with Gasteiger partial charge in [0, 0.05) is 30.9 Å². The summed E-state index contributed by atoms with van der Waals surface area (Å²) in [4.78, 5) is 4.45. The lowest BCUT2D eigenvalue weighted by molar-refractivity contribution is 0.566. The first kappa shape index (κ1) is 15.2. The van der Waals surface area contributed by atoms with Crippen LogP contribution in [0.25, 0.3) is 0 Å². The number of imidazole rings is 1. The van der Waals surface area contributed by atoms with Gasteiger partial charge in [0.2, 0.25) is 10.0 Å². The van der Waals surface area contributed by atoms with E-state index in [0.29, 0.717) is 19.0 Å². The van der Waals surface area contributed by atoms with E-state index in [4.69, 9.17) is 0 Å². The Kier molecular flexibility index (Phi) is 4.31. The van der Waals surface area contributed by atoms with Crippen LogP contribution >= 0.6 is 0 Å². The highest BCUT2D eigenvalue weighted by molar-refractivity contribution is 7.88. The molecule has 118 valence electrons. The van der Waals surface area contributed by atoms with Gasteiger partial charge in [-0.1, -0.05) is 30.3 Å². The quantitative estimate of drug-likeness (QED) is 0.851. The lowest BCUT2D eigenvalue weighted by Crippen LogP contribution is -2.29. The second kappa shape index (κ2) is 6.22. The molecule has 0 aliphatic heterocycles. The average molecular weight is 319 g/mol. The number of aryl methyl sites for hydroxylation is 1. The molecule has 0 unspecified atom stereocenters. The van der Waals surface area contributed by atoms with E-state index in [1.807, 2.05) is 43.5 Å². The van der Waals surface area contributed by atoms with Crippen LogP contribution in [-0.4, -0.2) is 24.5 Å². The number of sulfonamides is 1. The molecule has 1 heterocycles. The largest absolute Gasteiger partial charge is 0.331 e. The van der Waals surface area contributed by atoms with Crippen molar-refractivity contribution in [1.82, 2.24) is 14.3 Å². The molecule has 22 heavy (non-hydrogen) atoms. The number of nitrogens with zero attached hydrogens (tertiary/aromatic N) is 2. The van der Waals surface area contributed by atoms with E-state index >= 15 is 0 Å². The third kappa shape index (κ3) is 3.75. The molecule has 0 atom stereocenters. The van der Waals surface area contributed by atoms with Crippen LogP contribution in [0.4, 0.5) is 0 Å². The van der Waals surface area contributed by atoms with Crippen LogP contribution in [0.5, 0.6) is 0 Å². The van der Waals surface area contributed by atoms with E-state index in [1.54, 1.807) is 0 Å². The van der Waals surface area contributed by atoms with E-state index in [2.05, 4.69) is 14.3 Å². The minimum Gasteiger partial charge on any atom is -0.331 e. The Hall–Kier alpha value is -1.66. The molecule has 3 rings (SSSR count). The highest BCUT2D eigenvalue weighted by atomic mass is 32.2. The minimum absolute atomic E-state index is 0.0201. The van der Waals surface area contributed by atoms with Gasteiger partial charge in [0.1, 0.15) is 5.82 Å². The maximum Gasteiger partial charge on any atom is 0.215 e. The van der Waals surface area contributed by atoms with Gasteiger partial charge >= 0.3 is 0 Å². The van der Waals surface area contributed by atoms with E-state index in [-0.39, 0.29) is 5.75 Å². The molecule has 1 aliphatic carbocycles. The van der Waals surface area contributed by atoms with Crippen molar-refractivity contribution < 1.29 is 8.42 Å². The molecular weight excluding hydrogens is 298 g/mol. The monoisotopic (exact) mass is 319 g/mol. The van der Waals surface area contributed by atoms with Crippen molar-refractivity contribution in [2.24, 2.45) is 0 Å². The van der Waals surface area contributed by atoms with Gasteiger partial charge in [-0.05, 0) is 25.3 Å². The maximum atomic E-state index is 12.1.